The van der Waals surface area contributed by atoms with Gasteiger partial charge in [-0.05, 0) is 54.5 Å². The lowest BCUT2D eigenvalue weighted by molar-refractivity contribution is -0.122. The first kappa shape index (κ1) is 18.4. The summed E-state index contributed by atoms with van der Waals surface area (Å²) in [5.41, 5.74) is 2.97. The van der Waals surface area contributed by atoms with Crippen LogP contribution in [-0.2, 0) is 16.0 Å². The van der Waals surface area contributed by atoms with Crippen LogP contribution in [-0.4, -0.2) is 22.4 Å². The third kappa shape index (κ3) is 3.48. The lowest BCUT2D eigenvalue weighted by Gasteiger charge is -2.26. The summed E-state index contributed by atoms with van der Waals surface area (Å²) in [6.07, 6.45) is 4.20. The number of anilines is 1. The van der Waals surface area contributed by atoms with Crippen molar-refractivity contribution in [2.75, 3.05) is 4.90 Å². The third-order valence-electron chi connectivity index (χ3n) is 4.81. The van der Waals surface area contributed by atoms with Crippen LogP contribution >= 0.6 is 0 Å². The van der Waals surface area contributed by atoms with Crippen LogP contribution in [0.25, 0.3) is 11.8 Å². The highest BCUT2D eigenvalue weighted by Gasteiger charge is 2.36. The summed E-state index contributed by atoms with van der Waals surface area (Å²) in [5.74, 6) is -1.36. The molecule has 0 radical (unpaired) electrons. The lowest BCUT2D eigenvalue weighted by Crippen LogP contribution is -2.54. The van der Waals surface area contributed by atoms with Crippen molar-refractivity contribution in [1.29, 1.82) is 0 Å². The maximum absolute atomic E-state index is 13.0. The summed E-state index contributed by atoms with van der Waals surface area (Å²) in [6.45, 7) is 2.02. The average Bonchev–Trinajstić information content (AvgIpc) is 3.20. The number of aryl methyl sites for hydroxylation is 1. The summed E-state index contributed by atoms with van der Waals surface area (Å²) in [6, 6.07) is 19.6. The van der Waals surface area contributed by atoms with Crippen molar-refractivity contribution in [2.45, 2.75) is 13.3 Å². The van der Waals surface area contributed by atoms with Gasteiger partial charge in [0.25, 0.3) is 11.8 Å². The topological polar surface area (TPSA) is 71.4 Å². The highest BCUT2D eigenvalue weighted by atomic mass is 16.2. The molecule has 0 aliphatic carbocycles. The molecule has 0 atom stereocenters. The van der Waals surface area contributed by atoms with Gasteiger partial charge in [-0.3, -0.25) is 14.9 Å². The Morgan fingerprint density at radius 3 is 2.28 bits per heavy atom. The van der Waals surface area contributed by atoms with E-state index in [9.17, 15) is 14.4 Å². The molecule has 1 saturated heterocycles. The molecule has 2 heterocycles. The van der Waals surface area contributed by atoms with Crippen molar-refractivity contribution < 1.29 is 14.4 Å². The maximum Gasteiger partial charge on any atom is 0.335 e. The summed E-state index contributed by atoms with van der Waals surface area (Å²) in [4.78, 5) is 38.8. The number of nitrogens with zero attached hydrogens (tertiary/aromatic N) is 2. The van der Waals surface area contributed by atoms with Gasteiger partial charge in [0.1, 0.15) is 5.57 Å². The van der Waals surface area contributed by atoms with Crippen LogP contribution in [0.15, 0.2) is 78.5 Å². The minimum Gasteiger partial charge on any atom is -0.317 e. The number of hydrogen-bond donors (Lipinski definition) is 1. The van der Waals surface area contributed by atoms with Crippen LogP contribution in [0.1, 0.15) is 18.2 Å². The Morgan fingerprint density at radius 1 is 0.862 bits per heavy atom. The van der Waals surface area contributed by atoms with Crippen molar-refractivity contribution in [1.82, 2.24) is 9.88 Å². The zero-order chi connectivity index (χ0) is 20.4. The van der Waals surface area contributed by atoms with Gasteiger partial charge in [0.15, 0.2) is 0 Å². The summed E-state index contributed by atoms with van der Waals surface area (Å²) >= 11 is 0. The number of imide groups is 2. The van der Waals surface area contributed by atoms with Crippen LogP contribution in [0.5, 0.6) is 0 Å². The number of carbonyl (C=O) groups excluding carboxylic acids is 3. The number of aromatic nitrogens is 1. The van der Waals surface area contributed by atoms with Crippen LogP contribution in [0, 0.1) is 0 Å². The fraction of sp³-hybridized carbons (Fsp3) is 0.0870. The molecular formula is C23H19N3O3. The molecule has 29 heavy (non-hydrogen) atoms. The number of amides is 4. The zero-order valence-corrected chi connectivity index (χ0v) is 15.8. The average molecular weight is 385 g/mol. The van der Waals surface area contributed by atoms with Crippen molar-refractivity contribution >= 4 is 29.6 Å². The van der Waals surface area contributed by atoms with Gasteiger partial charge in [-0.2, -0.15) is 0 Å². The van der Waals surface area contributed by atoms with Crippen molar-refractivity contribution in [3.8, 4) is 5.69 Å². The monoisotopic (exact) mass is 385 g/mol. The quantitative estimate of drug-likeness (QED) is 0.550. The molecule has 144 valence electrons. The summed E-state index contributed by atoms with van der Waals surface area (Å²) < 4.78 is 1.87. The lowest BCUT2D eigenvalue weighted by atomic mass is 10.1. The predicted octanol–water partition coefficient (Wildman–Crippen LogP) is 3.71. The van der Waals surface area contributed by atoms with Gasteiger partial charge in [-0.1, -0.05) is 37.3 Å². The van der Waals surface area contributed by atoms with Crippen LogP contribution in [0.2, 0.25) is 0 Å². The van der Waals surface area contributed by atoms with Gasteiger partial charge in [-0.15, -0.1) is 0 Å². The van der Waals surface area contributed by atoms with Gasteiger partial charge >= 0.3 is 6.03 Å². The van der Waals surface area contributed by atoms with Crippen molar-refractivity contribution in [3.63, 3.8) is 0 Å². The molecule has 0 unspecified atom stereocenters. The summed E-state index contributed by atoms with van der Waals surface area (Å²) in [5, 5.41) is 2.26. The largest absolute Gasteiger partial charge is 0.335 e. The minimum absolute atomic E-state index is 0.0972. The van der Waals surface area contributed by atoms with Crippen LogP contribution in [0.4, 0.5) is 10.5 Å². The molecule has 4 rings (SSSR count). The number of carbonyl (C=O) groups is 3. The molecule has 2 aromatic carbocycles. The molecule has 6 nitrogen and oxygen atoms in total. The normalized spacial score (nSPS) is 15.7. The molecule has 6 heteroatoms. The Bertz CT molecular complexity index is 1110. The fourth-order valence-corrected chi connectivity index (χ4v) is 3.26. The first-order valence-corrected chi connectivity index (χ1v) is 9.31. The Balaban J connectivity index is 1.72. The van der Waals surface area contributed by atoms with E-state index in [0.29, 0.717) is 11.4 Å². The van der Waals surface area contributed by atoms with Gasteiger partial charge in [0.2, 0.25) is 0 Å². The van der Waals surface area contributed by atoms with Gasteiger partial charge in [0.05, 0.1) is 5.69 Å². The highest BCUT2D eigenvalue weighted by molar-refractivity contribution is 6.39. The first-order valence-electron chi connectivity index (χ1n) is 9.31. The number of rotatable bonds is 4. The van der Waals surface area contributed by atoms with Crippen LogP contribution < -0.4 is 10.2 Å². The number of hydrogen-bond acceptors (Lipinski definition) is 3. The first-order chi connectivity index (χ1) is 14.1. The second-order valence-electron chi connectivity index (χ2n) is 6.62. The van der Waals surface area contributed by atoms with E-state index in [2.05, 4.69) is 5.32 Å². The SMILES string of the molecule is CCc1ccc(N2C(=O)NC(=O)C(=Cc3cccn3-c3ccccc3)C2=O)cc1. The smallest absolute Gasteiger partial charge is 0.317 e. The van der Waals surface area contributed by atoms with E-state index in [1.165, 1.54) is 6.08 Å². The molecular weight excluding hydrogens is 366 g/mol. The highest BCUT2D eigenvalue weighted by Crippen LogP contribution is 2.23. The van der Waals surface area contributed by atoms with E-state index >= 15 is 0 Å². The molecule has 1 aliphatic heterocycles. The number of urea groups is 1. The molecule has 0 saturated carbocycles. The molecule has 0 bridgehead atoms. The second-order valence-corrected chi connectivity index (χ2v) is 6.62. The maximum atomic E-state index is 13.0. The standard InChI is InChI=1S/C23H19N3O3/c1-2-16-10-12-18(13-11-16)26-22(28)20(21(27)24-23(26)29)15-19-9-6-14-25(19)17-7-4-3-5-8-17/h3-15H,2H2,1H3,(H,24,27,29). The van der Waals surface area contributed by atoms with E-state index < -0.39 is 17.8 Å². The number of barbiturate groups is 1. The molecule has 1 N–H and O–H groups in total. The Kier molecular flexibility index (Phi) is 4.83. The Morgan fingerprint density at radius 2 is 1.59 bits per heavy atom. The molecule has 3 aromatic rings. The molecule has 1 aromatic heterocycles. The molecule has 4 amide bonds. The Hall–Kier alpha value is -3.93. The second kappa shape index (κ2) is 7.59. The van der Waals surface area contributed by atoms with Gasteiger partial charge in [-0.25, -0.2) is 9.69 Å². The van der Waals surface area contributed by atoms with Crippen molar-refractivity contribution in [3.05, 3.63) is 89.8 Å². The Labute approximate surface area is 168 Å². The van der Waals surface area contributed by atoms with E-state index in [4.69, 9.17) is 0 Å². The van der Waals surface area contributed by atoms with Crippen molar-refractivity contribution in [2.24, 2.45) is 0 Å². The zero-order valence-electron chi connectivity index (χ0n) is 15.8. The number of nitrogens with one attached hydrogen (secondary N) is 1. The summed E-state index contributed by atoms with van der Waals surface area (Å²) in [7, 11) is 0. The van der Waals surface area contributed by atoms with Gasteiger partial charge < -0.3 is 4.57 Å². The number of para-hydroxylation sites is 1. The van der Waals surface area contributed by atoms with Crippen LogP contribution in [0.3, 0.4) is 0 Å². The number of benzene rings is 2. The van der Waals surface area contributed by atoms with E-state index in [1.807, 2.05) is 66.2 Å². The van der Waals surface area contributed by atoms with Gasteiger partial charge in [0, 0.05) is 17.6 Å². The predicted molar refractivity (Wildman–Crippen MR) is 111 cm³/mol. The van der Waals surface area contributed by atoms with E-state index in [1.54, 1.807) is 18.2 Å². The fourth-order valence-electron chi connectivity index (χ4n) is 3.26. The minimum atomic E-state index is -0.750. The third-order valence-corrected chi connectivity index (χ3v) is 4.81. The molecule has 1 fully saturated rings. The molecule has 1 aliphatic rings. The molecule has 0 spiro atoms. The van der Waals surface area contributed by atoms with E-state index in [-0.39, 0.29) is 5.57 Å². The van der Waals surface area contributed by atoms with E-state index in [0.717, 1.165) is 22.6 Å².